The molecule has 0 atom stereocenters. The molecule has 0 saturated heterocycles. The maximum Gasteiger partial charge on any atom is 0.317 e. The van der Waals surface area contributed by atoms with E-state index in [1.54, 1.807) is 0 Å². The maximum atomic E-state index is 10.5. The second-order valence-corrected chi connectivity index (χ2v) is 1.79. The molecule has 56 valence electrons. The molecule has 0 aromatic rings. The average Bonchev–Trinajstić information content (AvgIpc) is 1.87. The Balaban J connectivity index is 3.86. The minimum absolute atomic E-state index is 1.06. The topological polar surface area (TPSA) is 43.4 Å². The molecule has 0 fully saturated rings. The van der Waals surface area contributed by atoms with Crippen LogP contribution in [0.15, 0.2) is 0 Å². The van der Waals surface area contributed by atoms with Crippen LogP contribution in [0.4, 0.5) is 0 Å². The normalized spacial score (nSPS) is 10.4. The highest BCUT2D eigenvalue weighted by Crippen LogP contribution is 2.00. The molecule has 0 unspecified atom stereocenters. The van der Waals surface area contributed by atoms with E-state index in [0.717, 1.165) is 0 Å². The highest BCUT2D eigenvalue weighted by molar-refractivity contribution is 5.88. The number of hydrogen-bond donors (Lipinski definition) is 0. The summed E-state index contributed by atoms with van der Waals surface area (Å²) in [6.45, 7) is 19.4. The van der Waals surface area contributed by atoms with E-state index < -0.39 is 23.8 Å². The molecule has 0 aromatic heterocycles. The van der Waals surface area contributed by atoms with Gasteiger partial charge in [0.05, 0.1) is 11.8 Å². The summed E-state index contributed by atoms with van der Waals surface area (Å²) in [5.74, 6) is -4.82. The van der Waals surface area contributed by atoms with Gasteiger partial charge in [-0.2, -0.15) is 0 Å². The number of rotatable bonds is 2. The fraction of sp³-hybridized carbons (Fsp3) is 0.250. The van der Waals surface area contributed by atoms with Gasteiger partial charge in [-0.15, -0.1) is 0 Å². The van der Waals surface area contributed by atoms with E-state index in [9.17, 15) is 9.59 Å². The molecule has 0 saturated carbocycles. The lowest BCUT2D eigenvalue weighted by atomic mass is 10.2. The monoisotopic (exact) mass is 150 g/mol. The Bertz CT molecular complexity index is 141. The summed E-state index contributed by atoms with van der Waals surface area (Å²) < 4.78 is 4.00. The van der Waals surface area contributed by atoms with Gasteiger partial charge in [0.2, 0.25) is 0 Å². The molecule has 0 amide bonds. The molecule has 0 N–H and O–H groups in total. The van der Waals surface area contributed by atoms with Gasteiger partial charge in [0.15, 0.2) is 0 Å². The Morgan fingerprint density at radius 1 is 0.909 bits per heavy atom. The van der Waals surface area contributed by atoms with Crippen molar-refractivity contribution in [1.29, 1.82) is 0 Å². The number of carbonyl (C=O) groups excluding carboxylic acids is 2. The third-order valence-electron chi connectivity index (χ3n) is 0.746. The first-order valence-corrected chi connectivity index (χ1v) is 2.73. The molecule has 8 radical (unpaired) electrons. The van der Waals surface area contributed by atoms with Crippen LogP contribution in [0.5, 0.6) is 0 Å². The van der Waals surface area contributed by atoms with Crippen LogP contribution in [0.25, 0.3) is 0 Å². The summed E-state index contributed by atoms with van der Waals surface area (Å²) in [4.78, 5) is 20.9. The molecule has 11 heavy (non-hydrogen) atoms. The van der Waals surface area contributed by atoms with Gasteiger partial charge < -0.3 is 4.74 Å². The van der Waals surface area contributed by atoms with Crippen LogP contribution in [0.1, 0.15) is 0 Å². The first kappa shape index (κ1) is 10.1. The lowest BCUT2D eigenvalue weighted by Crippen LogP contribution is -2.21. The van der Waals surface area contributed by atoms with Gasteiger partial charge >= 0.3 is 11.9 Å². The van der Waals surface area contributed by atoms with Crippen molar-refractivity contribution in [2.45, 2.75) is 0 Å². The third-order valence-corrected chi connectivity index (χ3v) is 0.746. The van der Waals surface area contributed by atoms with Gasteiger partial charge in [-0.3, -0.25) is 9.59 Å². The lowest BCUT2D eigenvalue weighted by Gasteiger charge is -2.05. The smallest absolute Gasteiger partial charge is 0.317 e. The molecule has 3 heteroatoms. The lowest BCUT2D eigenvalue weighted by molar-refractivity contribution is -0.162. The number of hydrogen-bond acceptors (Lipinski definition) is 3. The average molecular weight is 150 g/mol. The number of esters is 2. The zero-order valence-electron chi connectivity index (χ0n) is 5.69. The fourth-order valence-corrected chi connectivity index (χ4v) is 0.235. The van der Waals surface area contributed by atoms with Crippen LogP contribution in [0.2, 0.25) is 0 Å². The highest BCUT2D eigenvalue weighted by atomic mass is 16.6. The molecule has 0 spiro atoms. The Kier molecular flexibility index (Phi) is 3.79. The molecule has 3 nitrogen and oxygen atoms in total. The van der Waals surface area contributed by atoms with Gasteiger partial charge in [-0.1, -0.05) is 0 Å². The van der Waals surface area contributed by atoms with E-state index in [0.29, 0.717) is 0 Å². The van der Waals surface area contributed by atoms with E-state index in [1.807, 2.05) is 0 Å². The minimum atomic E-state index is -1.35. The van der Waals surface area contributed by atoms with Gasteiger partial charge in [-0.05, 0) is 27.7 Å². The van der Waals surface area contributed by atoms with Gasteiger partial charge in [0, 0.05) is 0 Å². The SMILES string of the molecule is [CH]C([CH])C(=O)OC(=O)C([CH])[CH]. The first-order chi connectivity index (χ1) is 4.95. The second-order valence-electron chi connectivity index (χ2n) is 1.79. The first-order valence-electron chi connectivity index (χ1n) is 2.73. The van der Waals surface area contributed by atoms with E-state index >= 15 is 0 Å². The molecular weight excluding hydrogens is 144 g/mol. The molecule has 0 aliphatic rings. The quantitative estimate of drug-likeness (QED) is 0.415. The Hall–Kier alpha value is -0.860. The van der Waals surface area contributed by atoms with Gasteiger partial charge in [-0.25, -0.2) is 0 Å². The summed E-state index contributed by atoms with van der Waals surface area (Å²) in [7, 11) is 0. The van der Waals surface area contributed by atoms with Gasteiger partial charge in [0.25, 0.3) is 0 Å². The Labute approximate surface area is 66.7 Å². The van der Waals surface area contributed by atoms with Crippen molar-refractivity contribution in [2.24, 2.45) is 11.8 Å². The van der Waals surface area contributed by atoms with Crippen molar-refractivity contribution < 1.29 is 14.3 Å². The fourth-order valence-electron chi connectivity index (χ4n) is 0.235. The van der Waals surface area contributed by atoms with Crippen molar-refractivity contribution in [3.05, 3.63) is 27.7 Å². The van der Waals surface area contributed by atoms with Crippen molar-refractivity contribution >= 4 is 11.9 Å². The standard InChI is InChI=1S/C8H6O3/c1-5(2)7(9)11-8(10)6(3)4/h1-6H. The van der Waals surface area contributed by atoms with Crippen molar-refractivity contribution in [3.8, 4) is 0 Å². The Morgan fingerprint density at radius 2 is 1.18 bits per heavy atom. The number of ether oxygens (including phenoxy) is 1. The number of carbonyl (C=O) groups is 2. The predicted octanol–water partition coefficient (Wildman–Crippen LogP) is 0.133. The zero-order chi connectivity index (χ0) is 9.02. The summed E-state index contributed by atoms with van der Waals surface area (Å²) in [5, 5.41) is 0. The largest absolute Gasteiger partial charge is 0.393 e. The summed E-state index contributed by atoms with van der Waals surface area (Å²) in [6, 6.07) is 0. The van der Waals surface area contributed by atoms with Crippen molar-refractivity contribution in [1.82, 2.24) is 0 Å². The van der Waals surface area contributed by atoms with Crippen molar-refractivity contribution in [2.75, 3.05) is 0 Å². The van der Waals surface area contributed by atoms with E-state index in [2.05, 4.69) is 4.74 Å². The van der Waals surface area contributed by atoms with E-state index in [1.165, 1.54) is 0 Å². The van der Waals surface area contributed by atoms with Gasteiger partial charge in [0.1, 0.15) is 0 Å². The van der Waals surface area contributed by atoms with Crippen LogP contribution >= 0.6 is 0 Å². The molecule has 0 rings (SSSR count). The Morgan fingerprint density at radius 3 is 1.36 bits per heavy atom. The van der Waals surface area contributed by atoms with E-state index in [4.69, 9.17) is 27.7 Å². The zero-order valence-corrected chi connectivity index (χ0v) is 5.69. The van der Waals surface area contributed by atoms with Crippen LogP contribution in [-0.4, -0.2) is 11.9 Å². The molecule has 0 heterocycles. The van der Waals surface area contributed by atoms with E-state index in [-0.39, 0.29) is 0 Å². The third kappa shape index (κ3) is 3.75. The van der Waals surface area contributed by atoms with Crippen LogP contribution in [0.3, 0.4) is 0 Å². The summed E-state index contributed by atoms with van der Waals surface area (Å²) >= 11 is 0. The van der Waals surface area contributed by atoms with Crippen LogP contribution in [0, 0.1) is 39.5 Å². The molecular formula is C8H6O3. The second kappa shape index (κ2) is 4.11. The summed E-state index contributed by atoms with van der Waals surface area (Å²) in [5.41, 5.74) is 0. The van der Waals surface area contributed by atoms with Crippen molar-refractivity contribution in [3.63, 3.8) is 0 Å². The predicted molar refractivity (Wildman–Crippen MR) is 35.3 cm³/mol. The summed E-state index contributed by atoms with van der Waals surface area (Å²) in [6.07, 6.45) is 0. The maximum absolute atomic E-state index is 10.5. The van der Waals surface area contributed by atoms with Crippen LogP contribution < -0.4 is 0 Å². The highest BCUT2D eigenvalue weighted by Gasteiger charge is 2.16. The minimum Gasteiger partial charge on any atom is -0.393 e. The molecule has 0 bridgehead atoms. The molecule has 0 aliphatic heterocycles. The molecule has 0 aromatic carbocycles. The van der Waals surface area contributed by atoms with Crippen LogP contribution in [-0.2, 0) is 14.3 Å². The molecule has 0 aliphatic carbocycles.